The summed E-state index contributed by atoms with van der Waals surface area (Å²) in [6.45, 7) is 2.00. The lowest BCUT2D eigenvalue weighted by atomic mass is 9.95. The number of nitrogens with one attached hydrogen (secondary N) is 1. The molecule has 0 spiro atoms. The minimum Gasteiger partial charge on any atom is -0.497 e. The summed E-state index contributed by atoms with van der Waals surface area (Å²) in [5.41, 5.74) is 3.43. The second-order valence-corrected chi connectivity index (χ2v) is 8.43. The van der Waals surface area contributed by atoms with Crippen LogP contribution in [0.3, 0.4) is 0 Å². The van der Waals surface area contributed by atoms with E-state index in [1.165, 1.54) is 0 Å². The topological polar surface area (TPSA) is 73.2 Å². The molecule has 2 atom stereocenters. The molecule has 1 amide bonds. The fraction of sp³-hybridized carbons (Fsp3) is 0.273. The van der Waals surface area contributed by atoms with Crippen LogP contribution in [0.15, 0.2) is 54.6 Å². The van der Waals surface area contributed by atoms with Gasteiger partial charge in [0, 0.05) is 16.4 Å². The summed E-state index contributed by atoms with van der Waals surface area (Å²) in [4.78, 5) is 13.2. The Morgan fingerprint density at radius 2 is 1.90 bits per heavy atom. The Morgan fingerprint density at radius 1 is 1.17 bits per heavy atom. The van der Waals surface area contributed by atoms with Crippen LogP contribution < -0.4 is 10.1 Å². The molecule has 0 saturated heterocycles. The normalized spacial score (nSPS) is 16.3. The van der Waals surface area contributed by atoms with Gasteiger partial charge < -0.3 is 10.1 Å². The van der Waals surface area contributed by atoms with E-state index in [-0.39, 0.29) is 11.8 Å². The van der Waals surface area contributed by atoms with Crippen molar-refractivity contribution in [3.8, 4) is 11.4 Å². The quantitative estimate of drug-likeness (QED) is 0.673. The summed E-state index contributed by atoms with van der Waals surface area (Å²) in [5, 5.41) is 7.73. The van der Waals surface area contributed by atoms with Crippen molar-refractivity contribution in [1.82, 2.24) is 9.78 Å². The highest BCUT2D eigenvalue weighted by atomic mass is 32.2. The fourth-order valence-electron chi connectivity index (χ4n) is 3.63. The first kappa shape index (κ1) is 19.4. The minimum absolute atomic E-state index is 0.0890. The van der Waals surface area contributed by atoms with Crippen LogP contribution in [-0.4, -0.2) is 27.0 Å². The fourth-order valence-corrected chi connectivity index (χ4v) is 4.89. The molecule has 0 bridgehead atoms. The zero-order valence-corrected chi connectivity index (χ0v) is 17.2. The van der Waals surface area contributed by atoms with Gasteiger partial charge in [0.2, 0.25) is 5.91 Å². The first-order valence-corrected chi connectivity index (χ1v) is 11.1. The van der Waals surface area contributed by atoms with Gasteiger partial charge in [-0.15, -0.1) is 0 Å². The summed E-state index contributed by atoms with van der Waals surface area (Å²) in [5.74, 6) is 1.82. The van der Waals surface area contributed by atoms with Crippen LogP contribution in [0.1, 0.15) is 36.1 Å². The molecule has 0 radical (unpaired) electrons. The Labute approximate surface area is 172 Å². The lowest BCUT2D eigenvalue weighted by molar-refractivity contribution is -0.117. The zero-order chi connectivity index (χ0) is 20.4. The molecule has 1 aromatic heterocycles. The number of hydrogen-bond donors (Lipinski definition) is 1. The molecule has 1 aliphatic rings. The highest BCUT2D eigenvalue weighted by Gasteiger charge is 2.30. The third-order valence-corrected chi connectivity index (χ3v) is 6.36. The molecule has 150 valence electrons. The average molecular weight is 410 g/mol. The van der Waals surface area contributed by atoms with E-state index in [2.05, 4.69) is 10.4 Å². The van der Waals surface area contributed by atoms with Gasteiger partial charge in [0.15, 0.2) is 0 Å². The van der Waals surface area contributed by atoms with Crippen molar-refractivity contribution in [2.24, 2.45) is 0 Å². The largest absolute Gasteiger partial charge is 0.497 e. The van der Waals surface area contributed by atoms with Crippen LogP contribution in [0.4, 0.5) is 5.82 Å². The van der Waals surface area contributed by atoms with Gasteiger partial charge in [0.1, 0.15) is 11.6 Å². The second-order valence-electron chi connectivity index (χ2n) is 6.97. The Balaban J connectivity index is 1.70. The van der Waals surface area contributed by atoms with Crippen molar-refractivity contribution in [3.05, 3.63) is 71.4 Å². The Morgan fingerprint density at radius 3 is 2.55 bits per heavy atom. The van der Waals surface area contributed by atoms with Crippen LogP contribution in [0.5, 0.6) is 5.75 Å². The molecule has 4 rings (SSSR count). The molecule has 2 aromatic carbocycles. The van der Waals surface area contributed by atoms with E-state index in [1.807, 2.05) is 61.5 Å². The van der Waals surface area contributed by atoms with Gasteiger partial charge in [-0.3, -0.25) is 9.00 Å². The third kappa shape index (κ3) is 3.82. The lowest BCUT2D eigenvalue weighted by Gasteiger charge is -2.17. The number of carbonyl (C=O) groups excluding carboxylic acids is 1. The third-order valence-electron chi connectivity index (χ3n) is 5.16. The SMILES string of the molecule is CCC(C(=O)Nc1c2c(nn1-c1ccc(OC)cc1)CS(=O)C2)c1ccccc1. The number of rotatable bonds is 6. The molecule has 7 heteroatoms. The maximum Gasteiger partial charge on any atom is 0.233 e. The van der Waals surface area contributed by atoms with Gasteiger partial charge >= 0.3 is 0 Å². The molecule has 29 heavy (non-hydrogen) atoms. The van der Waals surface area contributed by atoms with Crippen molar-refractivity contribution < 1.29 is 13.7 Å². The molecule has 0 aliphatic carbocycles. The van der Waals surface area contributed by atoms with Gasteiger partial charge in [0.25, 0.3) is 0 Å². The van der Waals surface area contributed by atoms with E-state index in [0.29, 0.717) is 23.7 Å². The number of ether oxygens (including phenoxy) is 1. The van der Waals surface area contributed by atoms with Gasteiger partial charge in [0.05, 0.1) is 35.9 Å². The Hall–Kier alpha value is -2.93. The van der Waals surface area contributed by atoms with Gasteiger partial charge in [-0.05, 0) is 36.2 Å². The monoisotopic (exact) mass is 409 g/mol. The summed E-state index contributed by atoms with van der Waals surface area (Å²) in [7, 11) is 0.639. The average Bonchev–Trinajstić information content (AvgIpc) is 3.26. The maximum atomic E-state index is 13.2. The maximum absolute atomic E-state index is 13.2. The first-order valence-electron chi connectivity index (χ1n) is 9.56. The molecule has 0 fully saturated rings. The zero-order valence-electron chi connectivity index (χ0n) is 16.4. The van der Waals surface area contributed by atoms with E-state index in [0.717, 1.165) is 28.3 Å². The van der Waals surface area contributed by atoms with Gasteiger partial charge in [-0.1, -0.05) is 37.3 Å². The molecule has 2 unspecified atom stereocenters. The lowest BCUT2D eigenvalue weighted by Crippen LogP contribution is -2.23. The number of fused-ring (bicyclic) bond motifs is 1. The van der Waals surface area contributed by atoms with Crippen LogP contribution in [0.2, 0.25) is 0 Å². The number of amides is 1. The van der Waals surface area contributed by atoms with Crippen molar-refractivity contribution in [2.75, 3.05) is 12.4 Å². The number of hydrogen-bond acceptors (Lipinski definition) is 4. The molecule has 1 aliphatic heterocycles. The molecule has 2 heterocycles. The van der Waals surface area contributed by atoms with E-state index in [9.17, 15) is 9.00 Å². The Bertz CT molecular complexity index is 1050. The molecule has 1 N–H and O–H groups in total. The molecular formula is C22H23N3O3S. The first-order chi connectivity index (χ1) is 14.1. The Kier molecular flexibility index (Phi) is 5.49. The number of aromatic nitrogens is 2. The highest BCUT2D eigenvalue weighted by molar-refractivity contribution is 7.83. The molecule has 0 saturated carbocycles. The number of nitrogens with zero attached hydrogens (tertiary/aromatic N) is 2. The van der Waals surface area contributed by atoms with Crippen molar-refractivity contribution in [1.29, 1.82) is 0 Å². The molecular weight excluding hydrogens is 386 g/mol. The highest BCUT2D eigenvalue weighted by Crippen LogP contribution is 2.33. The molecule has 3 aromatic rings. The summed E-state index contributed by atoms with van der Waals surface area (Å²) >= 11 is 0. The van der Waals surface area contributed by atoms with Crippen molar-refractivity contribution in [3.63, 3.8) is 0 Å². The van der Waals surface area contributed by atoms with Crippen LogP contribution in [0.25, 0.3) is 5.69 Å². The van der Waals surface area contributed by atoms with E-state index >= 15 is 0 Å². The summed E-state index contributed by atoms with van der Waals surface area (Å²) in [6.07, 6.45) is 0.681. The van der Waals surface area contributed by atoms with E-state index in [4.69, 9.17) is 4.74 Å². The smallest absolute Gasteiger partial charge is 0.233 e. The van der Waals surface area contributed by atoms with Gasteiger partial charge in [-0.25, -0.2) is 4.68 Å². The number of benzene rings is 2. The minimum atomic E-state index is -0.979. The summed E-state index contributed by atoms with van der Waals surface area (Å²) in [6, 6.07) is 17.2. The standard InChI is InChI=1S/C22H23N3O3S/c1-3-18(15-7-5-4-6-8-15)22(26)23-21-19-13-29(27)14-20(19)24-25(21)16-9-11-17(28-2)12-10-16/h4-12,18H,3,13-14H2,1-2H3,(H,23,26). The van der Waals surface area contributed by atoms with Crippen LogP contribution in [0, 0.1) is 0 Å². The number of anilines is 1. The summed E-state index contributed by atoms with van der Waals surface area (Å²) < 4.78 is 19.0. The van der Waals surface area contributed by atoms with Crippen molar-refractivity contribution >= 4 is 22.5 Å². The number of carbonyl (C=O) groups is 1. The predicted octanol–water partition coefficient (Wildman–Crippen LogP) is 3.78. The van der Waals surface area contributed by atoms with E-state index < -0.39 is 10.8 Å². The van der Waals surface area contributed by atoms with E-state index in [1.54, 1.807) is 11.8 Å². The molecule has 6 nitrogen and oxygen atoms in total. The number of methoxy groups -OCH3 is 1. The van der Waals surface area contributed by atoms with Crippen molar-refractivity contribution in [2.45, 2.75) is 30.8 Å². The van der Waals surface area contributed by atoms with Crippen LogP contribution >= 0.6 is 0 Å². The van der Waals surface area contributed by atoms with Gasteiger partial charge in [-0.2, -0.15) is 5.10 Å². The predicted molar refractivity (Wildman–Crippen MR) is 114 cm³/mol. The van der Waals surface area contributed by atoms with Crippen LogP contribution in [-0.2, 0) is 27.1 Å². The second kappa shape index (κ2) is 8.21.